The van der Waals surface area contributed by atoms with Gasteiger partial charge in [-0.25, -0.2) is 21.9 Å². The van der Waals surface area contributed by atoms with Gasteiger partial charge in [0.15, 0.2) is 0 Å². The summed E-state index contributed by atoms with van der Waals surface area (Å²) in [5.74, 6) is -3.42. The lowest BCUT2D eigenvalue weighted by atomic mass is 10.2. The summed E-state index contributed by atoms with van der Waals surface area (Å²) in [4.78, 5) is 0. The molecule has 0 aromatic carbocycles. The molecule has 0 amide bonds. The van der Waals surface area contributed by atoms with E-state index in [0.29, 0.717) is 26.1 Å². The smallest absolute Gasteiger partial charge is 0.283 e. The Bertz CT molecular complexity index is 314. The minimum Gasteiger partial charge on any atom is -0.390 e. The molecule has 1 aliphatic rings. The average molecular weight is 259 g/mol. The molecule has 96 valence electrons. The van der Waals surface area contributed by atoms with Crippen molar-refractivity contribution in [3.63, 3.8) is 0 Å². The van der Waals surface area contributed by atoms with Gasteiger partial charge in [-0.05, 0) is 12.8 Å². The largest absolute Gasteiger partial charge is 0.390 e. The summed E-state index contributed by atoms with van der Waals surface area (Å²) in [5, 5.41) is 7.61. The SMILES string of the molecule is O=S(=O)(NCC(F)(F)CO)C1CCOCC1. The Hall–Kier alpha value is -0.310. The van der Waals surface area contributed by atoms with E-state index in [1.807, 2.05) is 4.72 Å². The first-order valence-electron chi connectivity index (χ1n) is 4.92. The molecule has 1 heterocycles. The second kappa shape index (κ2) is 5.35. The summed E-state index contributed by atoms with van der Waals surface area (Å²) in [6.07, 6.45) is 0.611. The van der Waals surface area contributed by atoms with Crippen LogP contribution in [0.5, 0.6) is 0 Å². The lowest BCUT2D eigenvalue weighted by molar-refractivity contribution is -0.0438. The van der Waals surface area contributed by atoms with Crippen LogP contribution in [0.15, 0.2) is 0 Å². The molecule has 16 heavy (non-hydrogen) atoms. The number of aliphatic hydroxyl groups is 1. The first kappa shape index (κ1) is 13.8. The van der Waals surface area contributed by atoms with Crippen LogP contribution < -0.4 is 4.72 Å². The van der Waals surface area contributed by atoms with Crippen LogP contribution in [-0.4, -0.2) is 51.1 Å². The minimum absolute atomic E-state index is 0.306. The van der Waals surface area contributed by atoms with Crippen molar-refractivity contribution >= 4 is 10.0 Å². The number of sulfonamides is 1. The highest BCUT2D eigenvalue weighted by Gasteiger charge is 2.33. The molecule has 1 rings (SSSR count). The van der Waals surface area contributed by atoms with E-state index in [1.165, 1.54) is 0 Å². The predicted molar refractivity (Wildman–Crippen MR) is 52.8 cm³/mol. The first-order valence-corrected chi connectivity index (χ1v) is 6.47. The van der Waals surface area contributed by atoms with E-state index in [1.54, 1.807) is 0 Å². The molecule has 0 aromatic heterocycles. The second-order valence-electron chi connectivity index (χ2n) is 3.69. The Morgan fingerprint density at radius 3 is 2.44 bits per heavy atom. The predicted octanol–water partition coefficient (Wildman–Crippen LogP) is -0.288. The molecule has 0 aliphatic carbocycles. The Morgan fingerprint density at radius 2 is 1.94 bits per heavy atom. The van der Waals surface area contributed by atoms with Gasteiger partial charge in [-0.15, -0.1) is 0 Å². The van der Waals surface area contributed by atoms with E-state index in [0.717, 1.165) is 0 Å². The third-order valence-electron chi connectivity index (χ3n) is 2.37. The normalized spacial score (nSPS) is 19.9. The maximum Gasteiger partial charge on any atom is 0.283 e. The second-order valence-corrected chi connectivity index (χ2v) is 5.74. The van der Waals surface area contributed by atoms with Gasteiger partial charge in [-0.3, -0.25) is 0 Å². The summed E-state index contributed by atoms with van der Waals surface area (Å²) in [6.45, 7) is -1.80. The molecule has 0 aromatic rings. The maximum atomic E-state index is 12.6. The average Bonchev–Trinajstić information content (AvgIpc) is 2.28. The molecule has 5 nitrogen and oxygen atoms in total. The zero-order chi connectivity index (χ0) is 12.2. The quantitative estimate of drug-likeness (QED) is 0.711. The van der Waals surface area contributed by atoms with Gasteiger partial charge in [0.25, 0.3) is 5.92 Å². The number of hydrogen-bond acceptors (Lipinski definition) is 4. The number of nitrogens with one attached hydrogen (secondary N) is 1. The fraction of sp³-hybridized carbons (Fsp3) is 1.00. The van der Waals surface area contributed by atoms with Crippen LogP contribution in [-0.2, 0) is 14.8 Å². The van der Waals surface area contributed by atoms with E-state index >= 15 is 0 Å². The fourth-order valence-corrected chi connectivity index (χ4v) is 2.83. The maximum absolute atomic E-state index is 12.6. The Kier molecular flexibility index (Phi) is 4.60. The molecule has 0 radical (unpaired) electrons. The van der Waals surface area contributed by atoms with Gasteiger partial charge in [0.05, 0.1) is 11.8 Å². The van der Waals surface area contributed by atoms with E-state index in [4.69, 9.17) is 9.84 Å². The number of ether oxygens (including phenoxy) is 1. The topological polar surface area (TPSA) is 75.6 Å². The molecule has 0 saturated carbocycles. The first-order chi connectivity index (χ1) is 7.37. The Labute approximate surface area is 92.8 Å². The van der Waals surface area contributed by atoms with Crippen molar-refractivity contribution in [1.29, 1.82) is 0 Å². The van der Waals surface area contributed by atoms with E-state index in [9.17, 15) is 17.2 Å². The van der Waals surface area contributed by atoms with Crippen molar-refractivity contribution in [2.75, 3.05) is 26.4 Å². The molecular formula is C8H15F2NO4S. The number of alkyl halides is 2. The van der Waals surface area contributed by atoms with Gasteiger partial charge in [0.1, 0.15) is 6.61 Å². The van der Waals surface area contributed by atoms with Crippen molar-refractivity contribution in [1.82, 2.24) is 4.72 Å². The van der Waals surface area contributed by atoms with E-state index in [2.05, 4.69) is 0 Å². The summed E-state index contributed by atoms with van der Waals surface area (Å²) < 4.78 is 55.2. The zero-order valence-electron chi connectivity index (χ0n) is 8.66. The van der Waals surface area contributed by atoms with Crippen LogP contribution in [0.1, 0.15) is 12.8 Å². The number of rotatable bonds is 5. The molecule has 8 heteroatoms. The van der Waals surface area contributed by atoms with Crippen LogP contribution in [0.4, 0.5) is 8.78 Å². The van der Waals surface area contributed by atoms with E-state index in [-0.39, 0.29) is 0 Å². The molecule has 1 aliphatic heterocycles. The molecular weight excluding hydrogens is 244 g/mol. The number of hydrogen-bond donors (Lipinski definition) is 2. The van der Waals surface area contributed by atoms with Crippen molar-refractivity contribution in [2.24, 2.45) is 0 Å². The van der Waals surface area contributed by atoms with Gasteiger partial charge >= 0.3 is 0 Å². The lowest BCUT2D eigenvalue weighted by Crippen LogP contribution is -2.44. The highest BCUT2D eigenvalue weighted by atomic mass is 32.2. The van der Waals surface area contributed by atoms with Crippen molar-refractivity contribution in [2.45, 2.75) is 24.0 Å². The third kappa shape index (κ3) is 3.93. The summed E-state index contributed by atoms with van der Waals surface area (Å²) >= 11 is 0. The summed E-state index contributed by atoms with van der Waals surface area (Å²) in [5.41, 5.74) is 0. The standard InChI is InChI=1S/C8H15F2NO4S/c9-8(10,6-12)5-11-16(13,14)7-1-3-15-4-2-7/h7,11-12H,1-6H2. The van der Waals surface area contributed by atoms with Crippen LogP contribution in [0.2, 0.25) is 0 Å². The molecule has 2 N–H and O–H groups in total. The number of aliphatic hydroxyl groups excluding tert-OH is 1. The third-order valence-corrected chi connectivity index (χ3v) is 4.27. The summed E-state index contributed by atoms with van der Waals surface area (Å²) in [7, 11) is -3.75. The van der Waals surface area contributed by atoms with Crippen molar-refractivity contribution in [3.8, 4) is 0 Å². The number of halogens is 2. The van der Waals surface area contributed by atoms with Gasteiger partial charge < -0.3 is 9.84 Å². The van der Waals surface area contributed by atoms with E-state index < -0.39 is 34.3 Å². The molecule has 1 fully saturated rings. The molecule has 0 bridgehead atoms. The lowest BCUT2D eigenvalue weighted by Gasteiger charge is -2.23. The van der Waals surface area contributed by atoms with Crippen LogP contribution in [0, 0.1) is 0 Å². The van der Waals surface area contributed by atoms with Gasteiger partial charge in [-0.2, -0.15) is 0 Å². The van der Waals surface area contributed by atoms with Crippen LogP contribution in [0.3, 0.4) is 0 Å². The molecule has 0 unspecified atom stereocenters. The van der Waals surface area contributed by atoms with Crippen molar-refractivity contribution < 1.29 is 27.0 Å². The summed E-state index contributed by atoms with van der Waals surface area (Å²) in [6, 6.07) is 0. The van der Waals surface area contributed by atoms with Crippen molar-refractivity contribution in [3.05, 3.63) is 0 Å². The minimum atomic E-state index is -3.75. The fourth-order valence-electron chi connectivity index (χ4n) is 1.37. The van der Waals surface area contributed by atoms with Gasteiger partial charge in [-0.1, -0.05) is 0 Å². The zero-order valence-corrected chi connectivity index (χ0v) is 9.47. The molecule has 1 saturated heterocycles. The monoisotopic (exact) mass is 259 g/mol. The van der Waals surface area contributed by atoms with Gasteiger partial charge in [0, 0.05) is 13.2 Å². The highest BCUT2D eigenvalue weighted by Crippen LogP contribution is 2.16. The van der Waals surface area contributed by atoms with Crippen LogP contribution in [0.25, 0.3) is 0 Å². The Balaban J connectivity index is 2.51. The highest BCUT2D eigenvalue weighted by molar-refractivity contribution is 7.90. The van der Waals surface area contributed by atoms with Crippen LogP contribution >= 0.6 is 0 Å². The Morgan fingerprint density at radius 1 is 1.38 bits per heavy atom. The van der Waals surface area contributed by atoms with Gasteiger partial charge in [0.2, 0.25) is 10.0 Å². The molecule has 0 atom stereocenters. The molecule has 0 spiro atoms.